The SMILES string of the molecule is COc1ccc(OC)c(/C=C2\NC(=O)[C@@H]3Cc4c(OC)ccc(OC)c4[C@H](C)N3C2=O)c1. The van der Waals surface area contributed by atoms with Gasteiger partial charge in [-0.25, -0.2) is 0 Å². The van der Waals surface area contributed by atoms with Crippen molar-refractivity contribution < 1.29 is 28.5 Å². The summed E-state index contributed by atoms with van der Waals surface area (Å²) in [5, 5.41) is 2.78. The molecule has 2 aromatic rings. The highest BCUT2D eigenvalue weighted by molar-refractivity contribution is 6.08. The number of hydrogen-bond acceptors (Lipinski definition) is 6. The maximum absolute atomic E-state index is 13.5. The zero-order valence-corrected chi connectivity index (χ0v) is 18.7. The third-order valence-corrected chi connectivity index (χ3v) is 6.04. The molecule has 2 aliphatic heterocycles. The van der Waals surface area contributed by atoms with Gasteiger partial charge in [-0.05, 0) is 43.3 Å². The number of nitrogens with one attached hydrogen (secondary N) is 1. The fourth-order valence-electron chi connectivity index (χ4n) is 4.51. The van der Waals surface area contributed by atoms with Gasteiger partial charge in [0.15, 0.2) is 0 Å². The molecule has 0 saturated carbocycles. The van der Waals surface area contributed by atoms with Crippen LogP contribution in [0.25, 0.3) is 6.08 Å². The van der Waals surface area contributed by atoms with Crippen molar-refractivity contribution in [1.29, 1.82) is 0 Å². The van der Waals surface area contributed by atoms with Crippen LogP contribution in [0, 0.1) is 0 Å². The highest BCUT2D eigenvalue weighted by Crippen LogP contribution is 2.44. The van der Waals surface area contributed by atoms with Crippen molar-refractivity contribution in [1.82, 2.24) is 10.2 Å². The Morgan fingerprint density at radius 3 is 2.25 bits per heavy atom. The number of carbonyl (C=O) groups is 2. The molecule has 0 radical (unpaired) electrons. The lowest BCUT2D eigenvalue weighted by Gasteiger charge is -2.44. The predicted octanol–water partition coefficient (Wildman–Crippen LogP) is 2.71. The highest BCUT2D eigenvalue weighted by atomic mass is 16.5. The van der Waals surface area contributed by atoms with Gasteiger partial charge in [-0.2, -0.15) is 0 Å². The fourth-order valence-corrected chi connectivity index (χ4v) is 4.51. The highest BCUT2D eigenvalue weighted by Gasteiger charge is 2.46. The van der Waals surface area contributed by atoms with Gasteiger partial charge < -0.3 is 29.2 Å². The fraction of sp³-hybridized carbons (Fsp3) is 0.333. The number of ether oxygens (including phenoxy) is 4. The van der Waals surface area contributed by atoms with Crippen molar-refractivity contribution in [2.45, 2.75) is 25.4 Å². The molecule has 2 aromatic carbocycles. The summed E-state index contributed by atoms with van der Waals surface area (Å²) in [6.07, 6.45) is 1.95. The van der Waals surface area contributed by atoms with E-state index < -0.39 is 6.04 Å². The van der Waals surface area contributed by atoms with E-state index in [1.165, 1.54) is 0 Å². The van der Waals surface area contributed by atoms with Crippen molar-refractivity contribution in [2.75, 3.05) is 28.4 Å². The Labute approximate surface area is 186 Å². The van der Waals surface area contributed by atoms with Crippen LogP contribution >= 0.6 is 0 Å². The molecule has 4 rings (SSSR count). The van der Waals surface area contributed by atoms with Crippen molar-refractivity contribution in [3.8, 4) is 23.0 Å². The molecule has 168 valence electrons. The van der Waals surface area contributed by atoms with E-state index in [2.05, 4.69) is 5.32 Å². The molecule has 0 bridgehead atoms. The smallest absolute Gasteiger partial charge is 0.271 e. The molecule has 2 heterocycles. The van der Waals surface area contributed by atoms with E-state index in [0.29, 0.717) is 35.0 Å². The van der Waals surface area contributed by atoms with E-state index in [4.69, 9.17) is 18.9 Å². The van der Waals surface area contributed by atoms with Crippen LogP contribution in [0.5, 0.6) is 23.0 Å². The molecule has 1 N–H and O–H groups in total. The number of nitrogens with zero attached hydrogens (tertiary/aromatic N) is 1. The minimum Gasteiger partial charge on any atom is -0.497 e. The molecule has 0 unspecified atom stereocenters. The first-order valence-corrected chi connectivity index (χ1v) is 10.2. The number of amides is 2. The molecule has 0 spiro atoms. The second kappa shape index (κ2) is 8.45. The molecule has 8 nitrogen and oxygen atoms in total. The van der Waals surface area contributed by atoms with Crippen molar-refractivity contribution in [3.63, 3.8) is 0 Å². The standard InChI is InChI=1S/C24H26N2O6/c1-13-22-16(20(31-4)8-9-21(22)32-5)12-18-23(27)25-17(24(28)26(13)18)11-14-10-15(29-2)6-7-19(14)30-3/h6-11,13,18H,12H2,1-5H3,(H,25,27)/b17-11-/t13-,18-/m0/s1. The normalized spacial score (nSPS) is 20.9. The average Bonchev–Trinajstić information content (AvgIpc) is 2.81. The quantitative estimate of drug-likeness (QED) is 0.723. The van der Waals surface area contributed by atoms with E-state index in [9.17, 15) is 9.59 Å². The Morgan fingerprint density at radius 2 is 1.59 bits per heavy atom. The summed E-state index contributed by atoms with van der Waals surface area (Å²) in [4.78, 5) is 28.2. The molecule has 2 amide bonds. The van der Waals surface area contributed by atoms with Gasteiger partial charge >= 0.3 is 0 Å². The van der Waals surface area contributed by atoms with E-state index in [-0.39, 0.29) is 23.6 Å². The Kier molecular flexibility index (Phi) is 5.69. The Morgan fingerprint density at radius 1 is 0.938 bits per heavy atom. The van der Waals surface area contributed by atoms with Crippen LogP contribution in [0.3, 0.4) is 0 Å². The second-order valence-corrected chi connectivity index (χ2v) is 7.63. The number of benzene rings is 2. The molecule has 2 atom stereocenters. The van der Waals surface area contributed by atoms with Gasteiger partial charge in [0.05, 0.1) is 34.5 Å². The van der Waals surface area contributed by atoms with Crippen LogP contribution < -0.4 is 24.3 Å². The summed E-state index contributed by atoms with van der Waals surface area (Å²) in [5.74, 6) is 1.98. The lowest BCUT2D eigenvalue weighted by molar-refractivity contribution is -0.145. The number of piperazine rings is 1. The lowest BCUT2D eigenvalue weighted by Crippen LogP contribution is -2.60. The van der Waals surface area contributed by atoms with Gasteiger partial charge in [-0.1, -0.05) is 0 Å². The number of rotatable bonds is 5. The molecule has 32 heavy (non-hydrogen) atoms. The Hall–Kier alpha value is -3.68. The zero-order chi connectivity index (χ0) is 23.0. The van der Waals surface area contributed by atoms with Crippen LogP contribution in [0.15, 0.2) is 36.0 Å². The maximum Gasteiger partial charge on any atom is 0.271 e. The first-order valence-electron chi connectivity index (χ1n) is 10.2. The van der Waals surface area contributed by atoms with E-state index in [0.717, 1.165) is 11.1 Å². The molecule has 8 heteroatoms. The minimum atomic E-state index is -0.643. The van der Waals surface area contributed by atoms with Crippen LogP contribution in [-0.4, -0.2) is 51.2 Å². The van der Waals surface area contributed by atoms with Crippen LogP contribution in [0.2, 0.25) is 0 Å². The minimum absolute atomic E-state index is 0.176. The van der Waals surface area contributed by atoms with Crippen molar-refractivity contribution in [2.24, 2.45) is 0 Å². The van der Waals surface area contributed by atoms with Crippen molar-refractivity contribution >= 4 is 17.9 Å². The number of carbonyl (C=O) groups excluding carboxylic acids is 2. The summed E-state index contributed by atoms with van der Waals surface area (Å²) < 4.78 is 21.8. The summed E-state index contributed by atoms with van der Waals surface area (Å²) >= 11 is 0. The third kappa shape index (κ3) is 3.41. The van der Waals surface area contributed by atoms with E-state index in [1.807, 2.05) is 19.1 Å². The molecule has 2 aliphatic rings. The lowest BCUT2D eigenvalue weighted by atomic mass is 9.85. The van der Waals surface area contributed by atoms with Crippen LogP contribution in [0.1, 0.15) is 29.7 Å². The first kappa shape index (κ1) is 21.5. The second-order valence-electron chi connectivity index (χ2n) is 7.63. The monoisotopic (exact) mass is 438 g/mol. The summed E-state index contributed by atoms with van der Waals surface area (Å²) in [5.41, 5.74) is 2.53. The summed E-state index contributed by atoms with van der Waals surface area (Å²) in [7, 11) is 6.29. The topological polar surface area (TPSA) is 86.3 Å². The molecule has 0 aliphatic carbocycles. The maximum atomic E-state index is 13.5. The van der Waals surface area contributed by atoms with Gasteiger partial charge in [0.25, 0.3) is 5.91 Å². The largest absolute Gasteiger partial charge is 0.497 e. The van der Waals surface area contributed by atoms with Gasteiger partial charge in [-0.3, -0.25) is 9.59 Å². The number of fused-ring (bicyclic) bond motifs is 2. The van der Waals surface area contributed by atoms with Gasteiger partial charge in [0.1, 0.15) is 34.7 Å². The summed E-state index contributed by atoms with van der Waals surface area (Å²) in [6, 6.07) is 7.88. The molecule has 1 fully saturated rings. The van der Waals surface area contributed by atoms with Gasteiger partial charge in [0.2, 0.25) is 5.91 Å². The zero-order valence-electron chi connectivity index (χ0n) is 18.7. The predicted molar refractivity (Wildman–Crippen MR) is 118 cm³/mol. The third-order valence-electron chi connectivity index (χ3n) is 6.04. The van der Waals surface area contributed by atoms with Crippen LogP contribution in [0.4, 0.5) is 0 Å². The number of methoxy groups -OCH3 is 4. The van der Waals surface area contributed by atoms with Gasteiger partial charge in [0, 0.05) is 23.1 Å². The first-order chi connectivity index (χ1) is 15.4. The van der Waals surface area contributed by atoms with Gasteiger partial charge in [-0.15, -0.1) is 0 Å². The Bertz CT molecular complexity index is 1110. The molecular weight excluding hydrogens is 412 g/mol. The van der Waals surface area contributed by atoms with Crippen molar-refractivity contribution in [3.05, 3.63) is 52.7 Å². The van der Waals surface area contributed by atoms with E-state index in [1.54, 1.807) is 57.6 Å². The number of hydrogen-bond donors (Lipinski definition) is 1. The molecule has 1 saturated heterocycles. The molecular formula is C24H26N2O6. The van der Waals surface area contributed by atoms with E-state index >= 15 is 0 Å². The molecule has 0 aromatic heterocycles. The Balaban J connectivity index is 1.79. The van der Waals surface area contributed by atoms with Crippen LogP contribution in [-0.2, 0) is 16.0 Å². The summed E-state index contributed by atoms with van der Waals surface area (Å²) in [6.45, 7) is 1.90. The average molecular weight is 438 g/mol.